The van der Waals surface area contributed by atoms with Gasteiger partial charge in [-0.25, -0.2) is 4.98 Å². The van der Waals surface area contributed by atoms with Crippen molar-refractivity contribution >= 4 is 46.0 Å². The Morgan fingerprint density at radius 1 is 1.23 bits per heavy atom. The number of thioether (sulfide) groups is 2. The van der Waals surface area contributed by atoms with Gasteiger partial charge in [-0.3, -0.25) is 19.1 Å². The molecule has 1 aromatic carbocycles. The maximum atomic E-state index is 12.9. The number of aromatic nitrogens is 2. The molecule has 0 saturated heterocycles. The first-order valence-corrected chi connectivity index (χ1v) is 12.4. The van der Waals surface area contributed by atoms with E-state index in [9.17, 15) is 9.59 Å². The minimum absolute atomic E-state index is 0.0529. The third kappa shape index (κ3) is 3.30. The predicted molar refractivity (Wildman–Crippen MR) is 125 cm³/mol. The van der Waals surface area contributed by atoms with Crippen molar-refractivity contribution in [2.45, 2.75) is 36.9 Å². The van der Waals surface area contributed by atoms with Gasteiger partial charge >= 0.3 is 0 Å². The van der Waals surface area contributed by atoms with Crippen LogP contribution in [0.2, 0.25) is 0 Å². The van der Waals surface area contributed by atoms with Crippen LogP contribution in [-0.2, 0) is 17.6 Å². The molecular weight excluding hydrogens is 430 g/mol. The van der Waals surface area contributed by atoms with Gasteiger partial charge in [-0.1, -0.05) is 35.7 Å². The number of anilines is 1. The summed E-state index contributed by atoms with van der Waals surface area (Å²) in [7, 11) is 0. The SMILES string of the molecule is O=C(CC1CSc2nc3c(c(=O)n21)CCC3)Nc1ccc(C2=CSC3=NCCN23)cc1. The summed E-state index contributed by atoms with van der Waals surface area (Å²) in [4.78, 5) is 37.0. The largest absolute Gasteiger partial charge is 0.326 e. The summed E-state index contributed by atoms with van der Waals surface area (Å²) in [6.07, 6.45) is 2.96. The number of aliphatic imine (C=N–C) groups is 1. The number of aryl methyl sites for hydroxylation is 1. The Morgan fingerprint density at radius 2 is 2.10 bits per heavy atom. The van der Waals surface area contributed by atoms with Gasteiger partial charge in [0.15, 0.2) is 10.3 Å². The molecule has 2 aromatic rings. The molecule has 0 saturated carbocycles. The van der Waals surface area contributed by atoms with E-state index >= 15 is 0 Å². The monoisotopic (exact) mass is 451 g/mol. The zero-order valence-electron chi connectivity index (χ0n) is 16.8. The molecule has 3 aliphatic heterocycles. The molecule has 0 radical (unpaired) electrons. The summed E-state index contributed by atoms with van der Waals surface area (Å²) in [5, 5.41) is 6.95. The second-order valence-electron chi connectivity index (χ2n) is 8.08. The third-order valence-corrected chi connectivity index (χ3v) is 8.13. The summed E-state index contributed by atoms with van der Waals surface area (Å²) < 4.78 is 1.75. The second kappa shape index (κ2) is 7.56. The Morgan fingerprint density at radius 3 is 2.97 bits per heavy atom. The zero-order valence-corrected chi connectivity index (χ0v) is 18.5. The molecule has 31 heavy (non-hydrogen) atoms. The summed E-state index contributed by atoms with van der Waals surface area (Å²) in [6, 6.07) is 7.78. The highest BCUT2D eigenvalue weighted by Gasteiger charge is 2.31. The highest BCUT2D eigenvalue weighted by Crippen LogP contribution is 2.36. The Balaban J connectivity index is 1.14. The van der Waals surface area contributed by atoms with Gasteiger partial charge in [0.25, 0.3) is 5.56 Å². The normalized spacial score (nSPS) is 20.9. The van der Waals surface area contributed by atoms with Crippen LogP contribution in [0, 0.1) is 0 Å². The van der Waals surface area contributed by atoms with E-state index in [4.69, 9.17) is 0 Å². The van der Waals surface area contributed by atoms with Crippen LogP contribution in [0.4, 0.5) is 5.69 Å². The van der Waals surface area contributed by atoms with Crippen LogP contribution in [0.15, 0.2) is 44.6 Å². The van der Waals surface area contributed by atoms with Gasteiger partial charge in [0, 0.05) is 35.4 Å². The lowest BCUT2D eigenvalue weighted by Gasteiger charge is -2.17. The van der Waals surface area contributed by atoms with Crippen molar-refractivity contribution in [2.75, 3.05) is 24.2 Å². The number of fused-ring (bicyclic) bond motifs is 3. The van der Waals surface area contributed by atoms with Gasteiger partial charge in [0.1, 0.15) is 0 Å². The molecule has 1 N–H and O–H groups in total. The van der Waals surface area contributed by atoms with Gasteiger partial charge in [-0.2, -0.15) is 0 Å². The number of nitrogens with one attached hydrogen (secondary N) is 1. The van der Waals surface area contributed by atoms with E-state index in [1.54, 1.807) is 28.1 Å². The van der Waals surface area contributed by atoms with E-state index in [1.807, 2.05) is 24.3 Å². The highest BCUT2D eigenvalue weighted by molar-refractivity contribution is 8.16. The number of carbonyl (C=O) groups excluding carboxylic acids is 1. The highest BCUT2D eigenvalue weighted by atomic mass is 32.2. The molecule has 4 aliphatic rings. The Kier molecular flexibility index (Phi) is 4.68. The maximum absolute atomic E-state index is 12.9. The molecule has 0 bridgehead atoms. The Hall–Kier alpha value is -2.52. The molecule has 7 nitrogen and oxygen atoms in total. The topological polar surface area (TPSA) is 79.6 Å². The molecule has 0 spiro atoms. The number of hydrogen-bond donors (Lipinski definition) is 1. The van der Waals surface area contributed by atoms with Crippen molar-refractivity contribution in [3.63, 3.8) is 0 Å². The molecule has 158 valence electrons. The average Bonchev–Trinajstić information content (AvgIpc) is 3.53. The van der Waals surface area contributed by atoms with Crippen molar-refractivity contribution < 1.29 is 4.79 Å². The Labute approximate surface area is 188 Å². The van der Waals surface area contributed by atoms with Gasteiger partial charge in [-0.15, -0.1) is 0 Å². The summed E-state index contributed by atoms with van der Waals surface area (Å²) in [6.45, 7) is 1.77. The lowest BCUT2D eigenvalue weighted by atomic mass is 10.1. The summed E-state index contributed by atoms with van der Waals surface area (Å²) in [5.41, 5.74) is 4.90. The van der Waals surface area contributed by atoms with Crippen LogP contribution in [0.1, 0.15) is 35.7 Å². The molecular formula is C22H21N5O2S2. The van der Waals surface area contributed by atoms with E-state index < -0.39 is 0 Å². The minimum Gasteiger partial charge on any atom is -0.326 e. The van der Waals surface area contributed by atoms with Crippen LogP contribution < -0.4 is 10.9 Å². The van der Waals surface area contributed by atoms with E-state index in [0.29, 0.717) is 5.75 Å². The second-order valence-corrected chi connectivity index (χ2v) is 9.90. The minimum atomic E-state index is -0.140. The number of benzene rings is 1. The number of carbonyl (C=O) groups is 1. The number of rotatable bonds is 4. The average molecular weight is 452 g/mol. The lowest BCUT2D eigenvalue weighted by Crippen LogP contribution is -2.30. The van der Waals surface area contributed by atoms with Crippen molar-refractivity contribution in [1.82, 2.24) is 14.5 Å². The van der Waals surface area contributed by atoms with Crippen LogP contribution in [0.25, 0.3) is 5.70 Å². The van der Waals surface area contributed by atoms with Crippen molar-refractivity contribution in [3.05, 3.63) is 56.8 Å². The predicted octanol–water partition coefficient (Wildman–Crippen LogP) is 3.12. The van der Waals surface area contributed by atoms with Crippen molar-refractivity contribution in [2.24, 2.45) is 4.99 Å². The molecule has 1 aromatic heterocycles. The van der Waals surface area contributed by atoms with Crippen LogP contribution in [0.3, 0.4) is 0 Å². The van der Waals surface area contributed by atoms with Crippen LogP contribution in [-0.4, -0.2) is 44.4 Å². The first kappa shape index (κ1) is 19.2. The van der Waals surface area contributed by atoms with Crippen LogP contribution in [0.5, 0.6) is 0 Å². The molecule has 1 unspecified atom stereocenters. The van der Waals surface area contributed by atoms with E-state index in [-0.39, 0.29) is 23.9 Å². The molecule has 1 aliphatic carbocycles. The van der Waals surface area contributed by atoms with Gasteiger partial charge in [0.05, 0.1) is 24.0 Å². The van der Waals surface area contributed by atoms with Gasteiger partial charge < -0.3 is 10.2 Å². The maximum Gasteiger partial charge on any atom is 0.257 e. The smallest absolute Gasteiger partial charge is 0.257 e. The van der Waals surface area contributed by atoms with Crippen LogP contribution >= 0.6 is 23.5 Å². The van der Waals surface area contributed by atoms with E-state index in [1.165, 1.54) is 0 Å². The molecule has 1 atom stereocenters. The van der Waals surface area contributed by atoms with Crippen molar-refractivity contribution in [3.8, 4) is 0 Å². The van der Waals surface area contributed by atoms with E-state index in [2.05, 4.69) is 25.6 Å². The van der Waals surface area contributed by atoms with Gasteiger partial charge in [0.2, 0.25) is 5.91 Å². The number of amides is 1. The first-order valence-electron chi connectivity index (χ1n) is 10.5. The molecule has 1 amide bonds. The molecule has 6 rings (SSSR count). The Bertz CT molecular complexity index is 1200. The molecule has 9 heteroatoms. The fourth-order valence-corrected chi connectivity index (χ4v) is 6.72. The fraction of sp³-hybridized carbons (Fsp3) is 0.364. The third-order valence-electron chi connectivity index (χ3n) is 6.13. The zero-order chi connectivity index (χ0) is 20.9. The summed E-state index contributed by atoms with van der Waals surface area (Å²) in [5.74, 6) is 0.631. The number of amidine groups is 1. The van der Waals surface area contributed by atoms with Gasteiger partial charge in [-0.05, 0) is 37.0 Å². The lowest BCUT2D eigenvalue weighted by molar-refractivity contribution is -0.116. The number of nitrogens with zero attached hydrogens (tertiary/aromatic N) is 4. The fourth-order valence-electron chi connectivity index (χ4n) is 4.60. The summed E-state index contributed by atoms with van der Waals surface area (Å²) >= 11 is 3.24. The molecule has 0 fully saturated rings. The quantitative estimate of drug-likeness (QED) is 0.720. The van der Waals surface area contributed by atoms with E-state index in [0.717, 1.165) is 70.9 Å². The molecule has 4 heterocycles. The van der Waals surface area contributed by atoms with Crippen molar-refractivity contribution in [1.29, 1.82) is 0 Å². The first-order chi connectivity index (χ1) is 15.2. The number of hydrogen-bond acceptors (Lipinski definition) is 7. The standard InChI is InChI=1S/C22H21N5O2S2/c28-19(10-15-11-30-22-25-17-3-1-2-16(17)20(29)27(15)22)24-14-6-4-13(5-7-14)18-12-31-21-23-8-9-26(18)21/h4-7,12,15H,1-3,8-11H2,(H,24,28).